The maximum atomic E-state index is 11.1. The molecular weight excluding hydrogens is 433 g/mol. The lowest BCUT2D eigenvalue weighted by atomic mass is 10.1. The van der Waals surface area contributed by atoms with E-state index in [2.05, 4.69) is 5.32 Å². The van der Waals surface area contributed by atoms with Gasteiger partial charge in [0.2, 0.25) is 0 Å². The van der Waals surface area contributed by atoms with Gasteiger partial charge in [-0.2, -0.15) is 0 Å². The van der Waals surface area contributed by atoms with Crippen LogP contribution in [-0.4, -0.2) is 11.1 Å². The number of aromatic carboxylic acids is 1. The molecule has 0 saturated carbocycles. The van der Waals surface area contributed by atoms with Gasteiger partial charge in [-0.25, -0.2) is 4.79 Å². The highest BCUT2D eigenvalue weighted by Gasteiger charge is 2.09. The molecule has 0 aliphatic rings. The van der Waals surface area contributed by atoms with Crippen LogP contribution >= 0.6 is 34.8 Å². The molecule has 3 rings (SSSR count). The van der Waals surface area contributed by atoms with Crippen LogP contribution in [0.2, 0.25) is 15.1 Å². The highest BCUT2D eigenvalue weighted by Crippen LogP contribution is 2.27. The number of anilines is 1. The third-order valence-corrected chi connectivity index (χ3v) is 5.32. The van der Waals surface area contributed by atoms with Crippen molar-refractivity contribution in [1.29, 1.82) is 0 Å². The number of nitrogens with one attached hydrogen (secondary N) is 1. The van der Waals surface area contributed by atoms with Crippen molar-refractivity contribution in [3.63, 3.8) is 0 Å². The summed E-state index contributed by atoms with van der Waals surface area (Å²) in [7, 11) is 0. The molecule has 0 bridgehead atoms. The maximum absolute atomic E-state index is 11.1. The van der Waals surface area contributed by atoms with E-state index in [1.807, 2.05) is 25.1 Å². The minimum Gasteiger partial charge on any atom is -0.489 e. The molecule has 0 unspecified atom stereocenters. The summed E-state index contributed by atoms with van der Waals surface area (Å²) < 4.78 is 5.96. The molecule has 3 aromatic carbocycles. The lowest BCUT2D eigenvalue weighted by Crippen LogP contribution is -2.06. The third-order valence-electron chi connectivity index (χ3n) is 4.34. The number of hydrogen-bond donors (Lipinski definition) is 2. The van der Waals surface area contributed by atoms with Gasteiger partial charge in [-0.05, 0) is 66.6 Å². The molecule has 7 heteroatoms. The van der Waals surface area contributed by atoms with Gasteiger partial charge < -0.3 is 15.2 Å². The molecular formula is C22H18Cl3NO3. The summed E-state index contributed by atoms with van der Waals surface area (Å²) in [5, 5.41) is 14.0. The summed E-state index contributed by atoms with van der Waals surface area (Å²) in [5.41, 5.74) is 3.70. The Morgan fingerprint density at radius 3 is 2.48 bits per heavy atom. The van der Waals surface area contributed by atoms with Crippen LogP contribution in [0.25, 0.3) is 0 Å². The van der Waals surface area contributed by atoms with Crippen LogP contribution in [0, 0.1) is 6.92 Å². The molecule has 0 aliphatic carbocycles. The highest BCUT2D eigenvalue weighted by molar-refractivity contribution is 6.42. The van der Waals surface area contributed by atoms with Gasteiger partial charge in [-0.3, -0.25) is 0 Å². The fourth-order valence-corrected chi connectivity index (χ4v) is 3.32. The Morgan fingerprint density at radius 2 is 1.79 bits per heavy atom. The highest BCUT2D eigenvalue weighted by atomic mass is 35.5. The Labute approximate surface area is 184 Å². The fourth-order valence-electron chi connectivity index (χ4n) is 2.80. The minimum absolute atomic E-state index is 0.251. The Morgan fingerprint density at radius 1 is 1.00 bits per heavy atom. The van der Waals surface area contributed by atoms with Gasteiger partial charge in [0.1, 0.15) is 12.4 Å². The van der Waals surface area contributed by atoms with E-state index in [9.17, 15) is 4.79 Å². The summed E-state index contributed by atoms with van der Waals surface area (Å²) >= 11 is 18.2. The molecule has 3 aromatic rings. The summed E-state index contributed by atoms with van der Waals surface area (Å²) in [6, 6.07) is 15.7. The molecule has 0 radical (unpaired) electrons. The topological polar surface area (TPSA) is 58.6 Å². The van der Waals surface area contributed by atoms with Crippen molar-refractivity contribution in [2.24, 2.45) is 0 Å². The van der Waals surface area contributed by atoms with Crippen LogP contribution in [-0.2, 0) is 13.2 Å². The molecule has 0 amide bonds. The van der Waals surface area contributed by atoms with Crippen molar-refractivity contribution in [3.05, 3.63) is 91.9 Å². The number of carbonyl (C=O) groups is 1. The standard InChI is InChI=1S/C22H18Cl3NO3/c1-13-8-15(22(27)28)3-6-20(13)26-11-16-10-17(23)4-7-21(16)29-12-14-2-5-18(24)19(25)9-14/h2-10,26H,11-12H2,1H3,(H,27,28). The zero-order chi connectivity index (χ0) is 21.0. The molecule has 0 saturated heterocycles. The SMILES string of the molecule is Cc1cc(C(=O)O)ccc1NCc1cc(Cl)ccc1OCc1ccc(Cl)c(Cl)c1. The summed E-state index contributed by atoms with van der Waals surface area (Å²) in [6.07, 6.45) is 0. The molecule has 150 valence electrons. The van der Waals surface area contributed by atoms with Crippen LogP contribution in [0.5, 0.6) is 5.75 Å². The van der Waals surface area contributed by atoms with E-state index in [0.29, 0.717) is 34.0 Å². The predicted octanol–water partition coefficient (Wildman–Crippen LogP) is 6.84. The second kappa shape index (κ2) is 9.40. The van der Waals surface area contributed by atoms with Crippen molar-refractivity contribution in [3.8, 4) is 5.75 Å². The number of rotatable bonds is 7. The van der Waals surface area contributed by atoms with Gasteiger partial charge in [0.15, 0.2) is 0 Å². The summed E-state index contributed by atoms with van der Waals surface area (Å²) in [6.45, 7) is 2.65. The molecule has 0 spiro atoms. The van der Waals surface area contributed by atoms with Crippen molar-refractivity contribution in [2.75, 3.05) is 5.32 Å². The molecule has 2 N–H and O–H groups in total. The summed E-state index contributed by atoms with van der Waals surface area (Å²) in [5.74, 6) is -0.264. The van der Waals surface area contributed by atoms with Crippen molar-refractivity contribution >= 4 is 46.5 Å². The second-order valence-corrected chi connectivity index (χ2v) is 7.73. The van der Waals surface area contributed by atoms with E-state index in [0.717, 1.165) is 22.4 Å². The van der Waals surface area contributed by atoms with Crippen LogP contribution in [0.15, 0.2) is 54.6 Å². The predicted molar refractivity (Wildman–Crippen MR) is 118 cm³/mol. The van der Waals surface area contributed by atoms with Crippen LogP contribution in [0.4, 0.5) is 5.69 Å². The monoisotopic (exact) mass is 449 g/mol. The second-order valence-electron chi connectivity index (χ2n) is 6.48. The molecule has 0 aliphatic heterocycles. The first-order valence-electron chi connectivity index (χ1n) is 8.76. The van der Waals surface area contributed by atoms with Gasteiger partial charge >= 0.3 is 5.97 Å². The number of hydrogen-bond acceptors (Lipinski definition) is 3. The van der Waals surface area contributed by atoms with Crippen LogP contribution in [0.3, 0.4) is 0 Å². The molecule has 4 nitrogen and oxygen atoms in total. The minimum atomic E-state index is -0.951. The van der Waals surface area contributed by atoms with E-state index in [4.69, 9.17) is 44.6 Å². The Kier molecular flexibility index (Phi) is 6.91. The van der Waals surface area contributed by atoms with Gasteiger partial charge in [0.05, 0.1) is 15.6 Å². The fraction of sp³-hybridized carbons (Fsp3) is 0.136. The largest absolute Gasteiger partial charge is 0.489 e. The third kappa shape index (κ3) is 5.57. The zero-order valence-corrected chi connectivity index (χ0v) is 17.8. The average Bonchev–Trinajstić information content (AvgIpc) is 2.68. The summed E-state index contributed by atoms with van der Waals surface area (Å²) in [4.78, 5) is 11.1. The first kappa shape index (κ1) is 21.3. The lowest BCUT2D eigenvalue weighted by Gasteiger charge is -2.15. The Hall–Kier alpha value is -2.40. The van der Waals surface area contributed by atoms with E-state index in [1.54, 1.807) is 36.4 Å². The maximum Gasteiger partial charge on any atom is 0.335 e. The molecule has 0 aromatic heterocycles. The van der Waals surface area contributed by atoms with Crippen molar-refractivity contribution in [2.45, 2.75) is 20.1 Å². The Bertz CT molecular complexity index is 1050. The normalized spacial score (nSPS) is 10.6. The number of aryl methyl sites for hydroxylation is 1. The number of carboxylic acids is 1. The van der Waals surface area contributed by atoms with E-state index < -0.39 is 5.97 Å². The molecule has 29 heavy (non-hydrogen) atoms. The smallest absolute Gasteiger partial charge is 0.335 e. The molecule has 0 heterocycles. The van der Waals surface area contributed by atoms with Crippen LogP contribution < -0.4 is 10.1 Å². The van der Waals surface area contributed by atoms with Crippen LogP contribution in [0.1, 0.15) is 27.0 Å². The number of halogens is 3. The van der Waals surface area contributed by atoms with Crippen molar-refractivity contribution in [1.82, 2.24) is 0 Å². The lowest BCUT2D eigenvalue weighted by molar-refractivity contribution is 0.0697. The number of carboxylic acid groups (broad SMARTS) is 1. The quantitative estimate of drug-likeness (QED) is 0.413. The Balaban J connectivity index is 1.73. The zero-order valence-electron chi connectivity index (χ0n) is 15.5. The van der Waals surface area contributed by atoms with Gasteiger partial charge in [-0.1, -0.05) is 40.9 Å². The number of benzene rings is 3. The molecule has 0 atom stereocenters. The molecule has 0 fully saturated rings. The van der Waals surface area contributed by atoms with Gasteiger partial charge in [0.25, 0.3) is 0 Å². The van der Waals surface area contributed by atoms with E-state index >= 15 is 0 Å². The van der Waals surface area contributed by atoms with E-state index in [-0.39, 0.29) is 5.56 Å². The van der Waals surface area contributed by atoms with E-state index in [1.165, 1.54) is 0 Å². The first-order valence-corrected chi connectivity index (χ1v) is 9.90. The average molecular weight is 451 g/mol. The van der Waals surface area contributed by atoms with Gasteiger partial charge in [-0.15, -0.1) is 0 Å². The number of ether oxygens (including phenoxy) is 1. The van der Waals surface area contributed by atoms with Gasteiger partial charge in [0, 0.05) is 22.8 Å². The first-order chi connectivity index (χ1) is 13.8. The van der Waals surface area contributed by atoms with Crippen molar-refractivity contribution < 1.29 is 14.6 Å².